The summed E-state index contributed by atoms with van der Waals surface area (Å²) in [6.07, 6.45) is 2.34. The van der Waals surface area contributed by atoms with Gasteiger partial charge in [0.1, 0.15) is 0 Å². The van der Waals surface area contributed by atoms with Gasteiger partial charge in [0.2, 0.25) is 0 Å². The molecule has 1 aliphatic carbocycles. The third kappa shape index (κ3) is 2.18. The van der Waals surface area contributed by atoms with Crippen molar-refractivity contribution in [1.29, 1.82) is 0 Å². The van der Waals surface area contributed by atoms with Gasteiger partial charge in [-0.2, -0.15) is 11.3 Å². The third-order valence-corrected chi connectivity index (χ3v) is 4.29. The minimum atomic E-state index is 0.0402. The van der Waals surface area contributed by atoms with Gasteiger partial charge >= 0.3 is 0 Å². The van der Waals surface area contributed by atoms with Crippen molar-refractivity contribution >= 4 is 17.2 Å². The Labute approximate surface area is 111 Å². The highest BCUT2D eigenvalue weighted by molar-refractivity contribution is 7.08. The summed E-state index contributed by atoms with van der Waals surface area (Å²) in [7, 11) is 0. The van der Waals surface area contributed by atoms with Crippen LogP contribution in [-0.4, -0.2) is 12.5 Å². The van der Waals surface area contributed by atoms with Gasteiger partial charge in [-0.05, 0) is 29.9 Å². The molecule has 92 valence electrons. The van der Waals surface area contributed by atoms with E-state index in [4.69, 9.17) is 0 Å². The van der Waals surface area contributed by atoms with Gasteiger partial charge in [0, 0.05) is 22.9 Å². The van der Waals surface area contributed by atoms with E-state index in [1.807, 2.05) is 22.9 Å². The topological polar surface area (TPSA) is 29.1 Å². The molecule has 1 aromatic heterocycles. The van der Waals surface area contributed by atoms with Crippen LogP contribution in [0.4, 0.5) is 0 Å². The molecule has 1 aliphatic rings. The average Bonchev–Trinajstić information content (AvgIpc) is 3.01. The van der Waals surface area contributed by atoms with Crippen LogP contribution < -0.4 is 5.32 Å². The molecule has 0 spiro atoms. The Bertz CT molecular complexity index is 529. The fourth-order valence-corrected chi connectivity index (χ4v) is 2.89. The fourth-order valence-electron chi connectivity index (χ4n) is 2.26. The van der Waals surface area contributed by atoms with E-state index >= 15 is 0 Å². The molecule has 3 rings (SSSR count). The smallest absolute Gasteiger partial charge is 0.252 e. The van der Waals surface area contributed by atoms with Gasteiger partial charge in [-0.25, -0.2) is 0 Å². The molecule has 1 fully saturated rings. The lowest BCUT2D eigenvalue weighted by atomic mass is 9.96. The molecule has 0 unspecified atom stereocenters. The number of carbonyl (C=O) groups is 1. The number of rotatable bonds is 4. The number of carbonyl (C=O) groups excluding carboxylic acids is 1. The molecule has 2 aromatic rings. The zero-order valence-corrected chi connectivity index (χ0v) is 10.9. The summed E-state index contributed by atoms with van der Waals surface area (Å²) in [6, 6.07) is 12.3. The van der Waals surface area contributed by atoms with Crippen molar-refractivity contribution < 1.29 is 4.79 Å². The lowest BCUT2D eigenvalue weighted by molar-refractivity contribution is 0.0950. The fraction of sp³-hybridized carbons (Fsp3) is 0.267. The Morgan fingerprint density at radius 1 is 1.22 bits per heavy atom. The number of amides is 1. The first-order valence-electron chi connectivity index (χ1n) is 6.16. The molecule has 1 N–H and O–H groups in total. The van der Waals surface area contributed by atoms with Crippen LogP contribution in [0.5, 0.6) is 0 Å². The normalized spacial score (nSPS) is 16.2. The summed E-state index contributed by atoms with van der Waals surface area (Å²) in [5.41, 5.74) is 2.30. The van der Waals surface area contributed by atoms with Gasteiger partial charge < -0.3 is 5.32 Å². The van der Waals surface area contributed by atoms with E-state index < -0.39 is 0 Å². The maximum absolute atomic E-state index is 11.9. The van der Waals surface area contributed by atoms with Crippen LogP contribution in [0.1, 0.15) is 28.8 Å². The molecule has 1 aromatic carbocycles. The minimum Gasteiger partial charge on any atom is -0.351 e. The minimum absolute atomic E-state index is 0.0402. The van der Waals surface area contributed by atoms with Crippen molar-refractivity contribution in [2.75, 3.05) is 6.54 Å². The summed E-state index contributed by atoms with van der Waals surface area (Å²) in [4.78, 5) is 11.9. The summed E-state index contributed by atoms with van der Waals surface area (Å²) in [6.45, 7) is 0.742. The van der Waals surface area contributed by atoms with Crippen molar-refractivity contribution in [2.24, 2.45) is 0 Å². The Morgan fingerprint density at radius 2 is 2.00 bits per heavy atom. The molecule has 0 saturated heterocycles. The second-order valence-corrected chi connectivity index (χ2v) is 5.62. The molecule has 3 heteroatoms. The van der Waals surface area contributed by atoms with Gasteiger partial charge in [0.25, 0.3) is 5.91 Å². The molecular weight excluding hydrogens is 242 g/mol. The predicted molar refractivity (Wildman–Crippen MR) is 74.0 cm³/mol. The summed E-state index contributed by atoms with van der Waals surface area (Å²) in [5.74, 6) is 0.0402. The molecule has 18 heavy (non-hydrogen) atoms. The van der Waals surface area contributed by atoms with Crippen LogP contribution >= 0.6 is 11.3 Å². The molecule has 2 nitrogen and oxygen atoms in total. The van der Waals surface area contributed by atoms with Crippen molar-refractivity contribution in [1.82, 2.24) is 5.32 Å². The third-order valence-electron chi connectivity index (χ3n) is 3.61. The average molecular weight is 257 g/mol. The van der Waals surface area contributed by atoms with Crippen LogP contribution in [-0.2, 0) is 5.41 Å². The summed E-state index contributed by atoms with van der Waals surface area (Å²) < 4.78 is 0. The summed E-state index contributed by atoms with van der Waals surface area (Å²) in [5, 5.41) is 6.87. The van der Waals surface area contributed by atoms with E-state index in [-0.39, 0.29) is 11.3 Å². The van der Waals surface area contributed by atoms with E-state index in [0.717, 1.165) is 12.1 Å². The van der Waals surface area contributed by atoms with Crippen LogP contribution in [0, 0.1) is 0 Å². The molecule has 0 bridgehead atoms. The van der Waals surface area contributed by atoms with Crippen LogP contribution in [0.25, 0.3) is 0 Å². The molecule has 0 atom stereocenters. The maximum atomic E-state index is 11.9. The van der Waals surface area contributed by atoms with E-state index in [9.17, 15) is 4.79 Å². The number of benzene rings is 1. The van der Waals surface area contributed by atoms with Crippen molar-refractivity contribution in [3.63, 3.8) is 0 Å². The van der Waals surface area contributed by atoms with E-state index in [1.165, 1.54) is 18.4 Å². The lowest BCUT2D eigenvalue weighted by Gasteiger charge is -2.16. The standard InChI is InChI=1S/C15H15NOS/c17-14(12-6-9-18-10-12)16-11-15(7-8-15)13-4-2-1-3-5-13/h1-6,9-10H,7-8,11H2,(H,16,17). The van der Waals surface area contributed by atoms with E-state index in [0.29, 0.717) is 0 Å². The second kappa shape index (κ2) is 4.58. The number of hydrogen-bond donors (Lipinski definition) is 1. The van der Waals surface area contributed by atoms with Crippen molar-refractivity contribution in [2.45, 2.75) is 18.3 Å². The first-order chi connectivity index (χ1) is 8.80. The van der Waals surface area contributed by atoms with Crippen molar-refractivity contribution in [3.8, 4) is 0 Å². The van der Waals surface area contributed by atoms with Crippen molar-refractivity contribution in [3.05, 3.63) is 58.3 Å². The molecule has 0 aliphatic heterocycles. The zero-order valence-electron chi connectivity index (χ0n) is 10.1. The lowest BCUT2D eigenvalue weighted by Crippen LogP contribution is -2.31. The van der Waals surface area contributed by atoms with E-state index in [1.54, 1.807) is 11.3 Å². The summed E-state index contributed by atoms with van der Waals surface area (Å²) >= 11 is 1.55. The van der Waals surface area contributed by atoms with E-state index in [2.05, 4.69) is 29.6 Å². The van der Waals surface area contributed by atoms with Gasteiger partial charge in [-0.1, -0.05) is 30.3 Å². The highest BCUT2D eigenvalue weighted by atomic mass is 32.1. The van der Waals surface area contributed by atoms with Crippen LogP contribution in [0.3, 0.4) is 0 Å². The quantitative estimate of drug-likeness (QED) is 0.895. The molecule has 1 heterocycles. The first kappa shape index (κ1) is 11.5. The first-order valence-corrected chi connectivity index (χ1v) is 7.10. The Kier molecular flexibility index (Phi) is 2.92. The maximum Gasteiger partial charge on any atom is 0.252 e. The number of nitrogens with one attached hydrogen (secondary N) is 1. The monoisotopic (exact) mass is 257 g/mol. The SMILES string of the molecule is O=C(NCC1(c2ccccc2)CC1)c1ccsc1. The largest absolute Gasteiger partial charge is 0.351 e. The highest BCUT2D eigenvalue weighted by Crippen LogP contribution is 2.47. The second-order valence-electron chi connectivity index (χ2n) is 4.84. The van der Waals surface area contributed by atoms with Gasteiger partial charge in [-0.15, -0.1) is 0 Å². The highest BCUT2D eigenvalue weighted by Gasteiger charge is 2.44. The number of hydrogen-bond acceptors (Lipinski definition) is 2. The Hall–Kier alpha value is -1.61. The molecule has 1 saturated carbocycles. The van der Waals surface area contributed by atoms with Gasteiger partial charge in [0.05, 0.1) is 0 Å². The zero-order chi connectivity index (χ0) is 12.4. The van der Waals surface area contributed by atoms with Gasteiger partial charge in [0.15, 0.2) is 0 Å². The predicted octanol–water partition coefficient (Wildman–Crippen LogP) is 3.21. The molecule has 1 amide bonds. The van der Waals surface area contributed by atoms with Crippen LogP contribution in [0.15, 0.2) is 47.2 Å². The number of thiophene rings is 1. The molecular formula is C15H15NOS. The van der Waals surface area contributed by atoms with Crippen LogP contribution in [0.2, 0.25) is 0 Å². The Balaban J connectivity index is 1.66. The van der Waals surface area contributed by atoms with Gasteiger partial charge in [-0.3, -0.25) is 4.79 Å². The Morgan fingerprint density at radius 3 is 2.61 bits per heavy atom. The molecule has 0 radical (unpaired) electrons.